The van der Waals surface area contributed by atoms with E-state index in [0.29, 0.717) is 5.56 Å². The molecule has 1 rings (SSSR count). The first-order valence-corrected chi connectivity index (χ1v) is 5.93. The van der Waals surface area contributed by atoms with Crippen LogP contribution in [0.1, 0.15) is 28.8 Å². The fourth-order valence-corrected chi connectivity index (χ4v) is 1.65. The van der Waals surface area contributed by atoms with Crippen LogP contribution >= 0.6 is 0 Å². The van der Waals surface area contributed by atoms with Crippen LogP contribution in [0.5, 0.6) is 5.75 Å². The van der Waals surface area contributed by atoms with Gasteiger partial charge in [0.25, 0.3) is 5.91 Å². The number of carbonyl (C=O) groups is 3. The molecule has 0 bridgehead atoms. The largest absolute Gasteiger partial charge is 0.508 e. The number of phenolic OH excluding ortho intramolecular Hbond substituents is 1. The number of nitrogens with two attached hydrogens (primary N) is 1. The SMILES string of the molecule is Cc1c(O)cccc1C(=O)N[C@H](CCC(N)=O)C(=O)O. The Balaban J connectivity index is 2.83. The number of benzene rings is 1. The summed E-state index contributed by atoms with van der Waals surface area (Å²) in [7, 11) is 0. The van der Waals surface area contributed by atoms with E-state index in [9.17, 15) is 19.5 Å². The van der Waals surface area contributed by atoms with E-state index in [1.807, 2.05) is 0 Å². The third-order valence-electron chi connectivity index (χ3n) is 2.83. The van der Waals surface area contributed by atoms with Crippen molar-refractivity contribution in [2.24, 2.45) is 5.73 Å². The van der Waals surface area contributed by atoms with Crippen molar-refractivity contribution in [3.05, 3.63) is 29.3 Å². The molecule has 1 aromatic carbocycles. The number of hydrogen-bond donors (Lipinski definition) is 4. The Hall–Kier alpha value is -2.57. The van der Waals surface area contributed by atoms with E-state index in [0.717, 1.165) is 0 Å². The molecule has 0 saturated carbocycles. The quantitative estimate of drug-likeness (QED) is 0.589. The van der Waals surface area contributed by atoms with Crippen molar-refractivity contribution in [1.29, 1.82) is 0 Å². The average molecular weight is 280 g/mol. The molecular weight excluding hydrogens is 264 g/mol. The van der Waals surface area contributed by atoms with Gasteiger partial charge >= 0.3 is 5.97 Å². The van der Waals surface area contributed by atoms with Gasteiger partial charge in [0, 0.05) is 17.5 Å². The number of carboxylic acid groups (broad SMARTS) is 1. The number of nitrogens with one attached hydrogen (secondary N) is 1. The predicted octanol–water partition coefficient (Wildman–Crippen LogP) is 0.149. The lowest BCUT2D eigenvalue weighted by Gasteiger charge is -2.15. The van der Waals surface area contributed by atoms with Crippen LogP contribution < -0.4 is 11.1 Å². The molecule has 2 amide bonds. The first-order valence-electron chi connectivity index (χ1n) is 5.93. The average Bonchev–Trinajstić information content (AvgIpc) is 2.36. The summed E-state index contributed by atoms with van der Waals surface area (Å²) in [6.07, 6.45) is -0.232. The molecule has 0 saturated heterocycles. The van der Waals surface area contributed by atoms with Gasteiger partial charge in [-0.1, -0.05) is 6.07 Å². The van der Waals surface area contributed by atoms with Crippen LogP contribution in [0, 0.1) is 6.92 Å². The van der Waals surface area contributed by atoms with Gasteiger partial charge in [0.15, 0.2) is 0 Å². The van der Waals surface area contributed by atoms with Crippen LogP contribution in [0.2, 0.25) is 0 Å². The second-order valence-electron chi connectivity index (χ2n) is 4.32. The van der Waals surface area contributed by atoms with Gasteiger partial charge in [-0.3, -0.25) is 9.59 Å². The zero-order chi connectivity index (χ0) is 15.3. The van der Waals surface area contributed by atoms with Gasteiger partial charge in [-0.25, -0.2) is 4.79 Å². The van der Waals surface area contributed by atoms with Crippen LogP contribution in [0.3, 0.4) is 0 Å². The van der Waals surface area contributed by atoms with Crippen molar-refractivity contribution in [2.75, 3.05) is 0 Å². The Morgan fingerprint density at radius 3 is 2.55 bits per heavy atom. The van der Waals surface area contributed by atoms with Gasteiger partial charge in [0.05, 0.1) is 0 Å². The topological polar surface area (TPSA) is 130 Å². The minimum absolute atomic E-state index is 0.0540. The maximum Gasteiger partial charge on any atom is 0.326 e. The second kappa shape index (κ2) is 6.55. The molecule has 7 nitrogen and oxygen atoms in total. The highest BCUT2D eigenvalue weighted by atomic mass is 16.4. The van der Waals surface area contributed by atoms with Crippen molar-refractivity contribution >= 4 is 17.8 Å². The summed E-state index contributed by atoms with van der Waals surface area (Å²) in [6, 6.07) is 3.17. The third kappa shape index (κ3) is 3.98. The lowest BCUT2D eigenvalue weighted by Crippen LogP contribution is -2.41. The highest BCUT2D eigenvalue weighted by Gasteiger charge is 2.22. The molecule has 5 N–H and O–H groups in total. The number of hydrogen-bond acceptors (Lipinski definition) is 4. The lowest BCUT2D eigenvalue weighted by atomic mass is 10.1. The third-order valence-corrected chi connectivity index (χ3v) is 2.83. The van der Waals surface area contributed by atoms with Crippen LogP contribution in [0.15, 0.2) is 18.2 Å². The van der Waals surface area contributed by atoms with E-state index in [4.69, 9.17) is 10.8 Å². The van der Waals surface area contributed by atoms with Gasteiger partial charge in [-0.15, -0.1) is 0 Å². The minimum atomic E-state index is -1.25. The van der Waals surface area contributed by atoms with Crippen molar-refractivity contribution in [3.63, 3.8) is 0 Å². The zero-order valence-corrected chi connectivity index (χ0v) is 10.9. The monoisotopic (exact) mass is 280 g/mol. The molecular formula is C13H16N2O5. The van der Waals surface area contributed by atoms with Crippen molar-refractivity contribution in [3.8, 4) is 5.75 Å². The Kier molecular flexibility index (Phi) is 5.08. The Morgan fingerprint density at radius 2 is 2.00 bits per heavy atom. The Bertz CT molecular complexity index is 542. The number of carboxylic acids is 1. The molecule has 108 valence electrons. The standard InChI is InChI=1S/C13H16N2O5/c1-7-8(3-2-4-10(7)16)12(18)15-9(13(19)20)5-6-11(14)17/h2-4,9,16H,5-6H2,1H3,(H2,14,17)(H,15,18)(H,19,20)/t9-/m1/s1. The Labute approximate surface area is 115 Å². The van der Waals surface area contributed by atoms with Crippen LogP contribution in [0.4, 0.5) is 0 Å². The van der Waals surface area contributed by atoms with Gasteiger partial charge < -0.3 is 21.3 Å². The Morgan fingerprint density at radius 1 is 1.35 bits per heavy atom. The fraction of sp³-hybridized carbons (Fsp3) is 0.308. The molecule has 7 heteroatoms. The molecule has 0 fully saturated rings. The van der Waals surface area contributed by atoms with Gasteiger partial charge in [-0.2, -0.15) is 0 Å². The van der Waals surface area contributed by atoms with Crippen LogP contribution in [0.25, 0.3) is 0 Å². The van der Waals surface area contributed by atoms with Crippen molar-refractivity contribution in [2.45, 2.75) is 25.8 Å². The van der Waals surface area contributed by atoms with E-state index in [1.54, 1.807) is 6.92 Å². The maximum atomic E-state index is 12.0. The summed E-state index contributed by atoms with van der Waals surface area (Å²) in [5.41, 5.74) is 5.48. The van der Waals surface area contributed by atoms with Crippen LogP contribution in [-0.2, 0) is 9.59 Å². The molecule has 1 atom stereocenters. The molecule has 0 heterocycles. The van der Waals surface area contributed by atoms with E-state index in [-0.39, 0.29) is 24.2 Å². The summed E-state index contributed by atoms with van der Waals surface area (Å²) in [6.45, 7) is 1.55. The summed E-state index contributed by atoms with van der Waals surface area (Å²) >= 11 is 0. The number of phenols is 1. The summed E-state index contributed by atoms with van der Waals surface area (Å²) < 4.78 is 0. The maximum absolute atomic E-state index is 12.0. The number of carbonyl (C=O) groups excluding carboxylic acids is 2. The highest BCUT2D eigenvalue weighted by Crippen LogP contribution is 2.19. The van der Waals surface area contributed by atoms with Gasteiger partial charge in [0.2, 0.25) is 5.91 Å². The number of rotatable bonds is 6. The smallest absolute Gasteiger partial charge is 0.326 e. The molecule has 0 aromatic heterocycles. The van der Waals surface area contributed by atoms with E-state index in [2.05, 4.69) is 5.32 Å². The molecule has 0 unspecified atom stereocenters. The molecule has 0 aliphatic carbocycles. The normalized spacial score (nSPS) is 11.7. The second-order valence-corrected chi connectivity index (χ2v) is 4.32. The number of primary amides is 1. The summed E-state index contributed by atoms with van der Waals surface area (Å²) in [4.78, 5) is 33.7. The van der Waals surface area contributed by atoms with Crippen molar-refractivity contribution < 1.29 is 24.6 Å². The first kappa shape index (κ1) is 15.5. The first-order chi connectivity index (χ1) is 9.32. The molecule has 1 aromatic rings. The fourth-order valence-electron chi connectivity index (χ4n) is 1.65. The van der Waals surface area contributed by atoms with E-state index >= 15 is 0 Å². The van der Waals surface area contributed by atoms with E-state index < -0.39 is 23.8 Å². The summed E-state index contributed by atoms with van der Waals surface area (Å²) in [5.74, 6) is -2.58. The molecule has 0 aliphatic rings. The zero-order valence-electron chi connectivity index (χ0n) is 10.9. The molecule has 0 aliphatic heterocycles. The predicted molar refractivity (Wildman–Crippen MR) is 70.2 cm³/mol. The highest BCUT2D eigenvalue weighted by molar-refractivity contribution is 5.98. The van der Waals surface area contributed by atoms with Crippen molar-refractivity contribution in [1.82, 2.24) is 5.32 Å². The number of amides is 2. The van der Waals surface area contributed by atoms with E-state index in [1.165, 1.54) is 18.2 Å². The molecule has 0 spiro atoms. The number of aliphatic carboxylic acids is 1. The van der Waals surface area contributed by atoms with Gasteiger partial charge in [-0.05, 0) is 25.5 Å². The van der Waals surface area contributed by atoms with Crippen LogP contribution in [-0.4, -0.2) is 34.0 Å². The number of aromatic hydroxyl groups is 1. The minimum Gasteiger partial charge on any atom is -0.508 e. The molecule has 0 radical (unpaired) electrons. The lowest BCUT2D eigenvalue weighted by molar-refractivity contribution is -0.139. The summed E-state index contributed by atoms with van der Waals surface area (Å²) in [5, 5.41) is 20.8. The molecule has 20 heavy (non-hydrogen) atoms. The van der Waals surface area contributed by atoms with Gasteiger partial charge in [0.1, 0.15) is 11.8 Å².